The van der Waals surface area contributed by atoms with Crippen molar-refractivity contribution in [3.63, 3.8) is 0 Å². The van der Waals surface area contributed by atoms with Crippen molar-refractivity contribution in [2.75, 3.05) is 0 Å². The third kappa shape index (κ3) is 8.46. The van der Waals surface area contributed by atoms with Gasteiger partial charge in [-0.25, -0.2) is 18.3 Å². The summed E-state index contributed by atoms with van der Waals surface area (Å²) in [6, 6.07) is 2.96. The number of halogens is 5. The van der Waals surface area contributed by atoms with E-state index in [1.165, 1.54) is 10.9 Å². The van der Waals surface area contributed by atoms with Gasteiger partial charge in [0.2, 0.25) is 11.8 Å². The van der Waals surface area contributed by atoms with Gasteiger partial charge in [0, 0.05) is 32.5 Å². The van der Waals surface area contributed by atoms with Crippen LogP contribution in [0.3, 0.4) is 0 Å². The molecule has 5 rings (SSSR count). The standard InChI is InChI=1S/C20H22F3N7O2.C6H10F2/c1-29-15(5-7-25-29)19(32)24-10-14-11-30-16(27-14)8-13(9-26-30)18(12-2-3-12)28-17(31)4-6-20(21,22)23;7-6(8)4-2-1-3-5-6/h5,7-9,11-12,18H,2-4,6,10H2,1H3,(H,24,32)(H,28,31);1-5H2. The lowest BCUT2D eigenvalue weighted by Crippen LogP contribution is -2.30. The Kier molecular flexibility index (Phi) is 9.04. The summed E-state index contributed by atoms with van der Waals surface area (Å²) in [5, 5.41) is 13.8. The van der Waals surface area contributed by atoms with Crippen LogP contribution in [-0.4, -0.2) is 48.3 Å². The van der Waals surface area contributed by atoms with Gasteiger partial charge in [0.1, 0.15) is 5.69 Å². The van der Waals surface area contributed by atoms with Gasteiger partial charge in [-0.3, -0.25) is 14.3 Å². The van der Waals surface area contributed by atoms with Gasteiger partial charge in [-0.15, -0.1) is 0 Å². The Hall–Kier alpha value is -3.58. The van der Waals surface area contributed by atoms with Crippen molar-refractivity contribution >= 4 is 17.5 Å². The third-order valence-corrected chi connectivity index (χ3v) is 6.86. The van der Waals surface area contributed by atoms with E-state index in [2.05, 4.69) is 25.8 Å². The number of carbonyl (C=O) groups is 2. The number of carbonyl (C=O) groups excluding carboxylic acids is 2. The molecule has 2 amide bonds. The number of fused-ring (bicyclic) bond motifs is 1. The molecule has 0 aromatic carbocycles. The van der Waals surface area contributed by atoms with E-state index in [9.17, 15) is 31.5 Å². The van der Waals surface area contributed by atoms with Crippen molar-refractivity contribution in [1.82, 2.24) is 35.0 Å². The van der Waals surface area contributed by atoms with Gasteiger partial charge >= 0.3 is 6.18 Å². The molecule has 14 heteroatoms. The Bertz CT molecular complexity index is 1310. The van der Waals surface area contributed by atoms with Crippen LogP contribution in [0.4, 0.5) is 22.0 Å². The van der Waals surface area contributed by atoms with Gasteiger partial charge in [0.25, 0.3) is 5.91 Å². The second kappa shape index (κ2) is 12.3. The first-order valence-electron chi connectivity index (χ1n) is 13.2. The van der Waals surface area contributed by atoms with E-state index in [1.807, 2.05) is 0 Å². The number of hydrogen-bond acceptors (Lipinski definition) is 5. The van der Waals surface area contributed by atoms with E-state index in [0.29, 0.717) is 35.4 Å². The van der Waals surface area contributed by atoms with Crippen molar-refractivity contribution < 1.29 is 31.5 Å². The van der Waals surface area contributed by atoms with Gasteiger partial charge in [0.15, 0.2) is 5.65 Å². The smallest absolute Gasteiger partial charge is 0.349 e. The Balaban J connectivity index is 0.000000398. The predicted molar refractivity (Wildman–Crippen MR) is 134 cm³/mol. The SMILES string of the molecule is Cn1nccc1C(=O)NCc1cn2ncc(C(NC(=O)CCC(F)(F)F)C3CC3)cc2n1.FC1(F)CCCCC1. The summed E-state index contributed by atoms with van der Waals surface area (Å²) in [5.41, 5.74) is 2.21. The molecule has 9 nitrogen and oxygen atoms in total. The van der Waals surface area contributed by atoms with Gasteiger partial charge < -0.3 is 10.6 Å². The molecule has 2 fully saturated rings. The number of alkyl halides is 5. The summed E-state index contributed by atoms with van der Waals surface area (Å²) in [6.07, 6.45) is 3.10. The molecule has 1 unspecified atom stereocenters. The highest BCUT2D eigenvalue weighted by Crippen LogP contribution is 2.41. The number of nitrogens with zero attached hydrogens (tertiary/aromatic N) is 5. The number of rotatable bonds is 8. The first kappa shape index (κ1) is 29.4. The fourth-order valence-corrected chi connectivity index (χ4v) is 4.53. The molecule has 2 aliphatic rings. The van der Waals surface area contributed by atoms with Crippen molar-refractivity contribution in [1.29, 1.82) is 0 Å². The van der Waals surface area contributed by atoms with Gasteiger partial charge in [-0.1, -0.05) is 6.42 Å². The fourth-order valence-electron chi connectivity index (χ4n) is 4.53. The Morgan fingerprint density at radius 2 is 1.88 bits per heavy atom. The molecule has 0 bridgehead atoms. The molecular formula is C26H32F5N7O2. The number of aryl methyl sites for hydroxylation is 1. The molecule has 0 radical (unpaired) electrons. The quantitative estimate of drug-likeness (QED) is 0.376. The molecular weight excluding hydrogens is 537 g/mol. The molecule has 218 valence electrons. The largest absolute Gasteiger partial charge is 0.389 e. The van der Waals surface area contributed by atoms with Crippen LogP contribution in [0.5, 0.6) is 0 Å². The third-order valence-electron chi connectivity index (χ3n) is 6.86. The maximum Gasteiger partial charge on any atom is 0.389 e. The van der Waals surface area contributed by atoms with Gasteiger partial charge in [0.05, 0.1) is 37.1 Å². The highest BCUT2D eigenvalue weighted by atomic mass is 19.4. The summed E-state index contributed by atoms with van der Waals surface area (Å²) in [5.74, 6) is -3.08. The zero-order chi connectivity index (χ0) is 28.9. The lowest BCUT2D eigenvalue weighted by molar-refractivity contribution is -0.144. The fraction of sp³-hybridized carbons (Fsp3) is 0.577. The van der Waals surface area contributed by atoms with E-state index in [4.69, 9.17) is 0 Å². The summed E-state index contributed by atoms with van der Waals surface area (Å²) in [7, 11) is 1.67. The predicted octanol–water partition coefficient (Wildman–Crippen LogP) is 4.89. The molecule has 0 aliphatic heterocycles. The van der Waals surface area contributed by atoms with E-state index in [-0.39, 0.29) is 31.2 Å². The van der Waals surface area contributed by atoms with E-state index >= 15 is 0 Å². The Morgan fingerprint density at radius 3 is 2.45 bits per heavy atom. The number of nitrogens with one attached hydrogen (secondary N) is 2. The van der Waals surface area contributed by atoms with Crippen LogP contribution >= 0.6 is 0 Å². The maximum absolute atomic E-state index is 12.4. The normalized spacial score (nSPS) is 17.6. The van der Waals surface area contributed by atoms with Crippen LogP contribution in [-0.2, 0) is 18.4 Å². The lowest BCUT2D eigenvalue weighted by Gasteiger charge is -2.20. The average molecular weight is 570 g/mol. The van der Waals surface area contributed by atoms with Crippen LogP contribution in [0.25, 0.3) is 5.65 Å². The number of imidazole rings is 1. The highest BCUT2D eigenvalue weighted by molar-refractivity contribution is 5.92. The van der Waals surface area contributed by atoms with Crippen LogP contribution in [0.15, 0.2) is 30.7 Å². The Labute approximate surface area is 227 Å². The van der Waals surface area contributed by atoms with E-state index < -0.39 is 36.9 Å². The van der Waals surface area contributed by atoms with E-state index in [0.717, 1.165) is 19.3 Å². The zero-order valence-electron chi connectivity index (χ0n) is 22.1. The lowest BCUT2D eigenvalue weighted by atomic mass is 9.97. The molecule has 1 atom stereocenters. The van der Waals surface area contributed by atoms with Crippen LogP contribution in [0, 0.1) is 5.92 Å². The molecule has 40 heavy (non-hydrogen) atoms. The van der Waals surface area contributed by atoms with Crippen LogP contribution in [0.2, 0.25) is 0 Å². The van der Waals surface area contributed by atoms with Gasteiger partial charge in [-0.2, -0.15) is 23.4 Å². The topological polar surface area (TPSA) is 106 Å². The maximum atomic E-state index is 12.4. The average Bonchev–Trinajstić information content (AvgIpc) is 3.50. The first-order valence-corrected chi connectivity index (χ1v) is 13.2. The molecule has 3 heterocycles. The number of hydrogen-bond donors (Lipinski definition) is 2. The van der Waals surface area contributed by atoms with Crippen molar-refractivity contribution in [3.05, 3.63) is 47.7 Å². The molecule has 2 saturated carbocycles. The summed E-state index contributed by atoms with van der Waals surface area (Å²) in [4.78, 5) is 28.7. The molecule has 3 aromatic heterocycles. The summed E-state index contributed by atoms with van der Waals surface area (Å²) >= 11 is 0. The minimum atomic E-state index is -4.37. The highest BCUT2D eigenvalue weighted by Gasteiger charge is 2.35. The zero-order valence-corrected chi connectivity index (χ0v) is 22.1. The van der Waals surface area contributed by atoms with Crippen molar-refractivity contribution in [3.8, 4) is 0 Å². The van der Waals surface area contributed by atoms with Crippen molar-refractivity contribution in [2.45, 2.75) is 82.5 Å². The molecule has 0 saturated heterocycles. The molecule has 2 N–H and O–H groups in total. The summed E-state index contributed by atoms with van der Waals surface area (Å²) in [6.45, 7) is 0.183. The number of aromatic nitrogens is 5. The first-order chi connectivity index (χ1) is 18.9. The van der Waals surface area contributed by atoms with E-state index in [1.54, 1.807) is 36.1 Å². The van der Waals surface area contributed by atoms with Crippen molar-refractivity contribution in [2.24, 2.45) is 13.0 Å². The molecule has 3 aromatic rings. The Morgan fingerprint density at radius 1 is 1.15 bits per heavy atom. The molecule has 0 spiro atoms. The second-order valence-electron chi connectivity index (χ2n) is 10.3. The minimum absolute atomic E-state index is 0.118. The summed E-state index contributed by atoms with van der Waals surface area (Å²) < 4.78 is 64.6. The molecule has 2 aliphatic carbocycles. The monoisotopic (exact) mass is 569 g/mol. The second-order valence-corrected chi connectivity index (χ2v) is 10.3. The van der Waals surface area contributed by atoms with Crippen LogP contribution in [0.1, 0.15) is 85.6 Å². The number of amides is 2. The van der Waals surface area contributed by atoms with Crippen LogP contribution < -0.4 is 10.6 Å². The van der Waals surface area contributed by atoms with Gasteiger partial charge in [-0.05, 0) is 49.3 Å². The minimum Gasteiger partial charge on any atom is -0.349 e.